The molecule has 0 aromatic heterocycles. The maximum Gasteiger partial charge on any atom is 0.159 e. The zero-order chi connectivity index (χ0) is 23.4. The highest BCUT2D eigenvalue weighted by Gasteiger charge is 2.24. The summed E-state index contributed by atoms with van der Waals surface area (Å²) < 4.78 is 33.3. The van der Waals surface area contributed by atoms with Crippen LogP contribution in [0.3, 0.4) is 0 Å². The predicted octanol–water partition coefficient (Wildman–Crippen LogP) is 8.90. The Hall–Kier alpha value is -1.74. The Bertz CT molecular complexity index is 898. The van der Waals surface area contributed by atoms with Gasteiger partial charge >= 0.3 is 0 Å². The molecule has 2 aliphatic rings. The number of halogens is 2. The Labute approximate surface area is 198 Å². The Kier molecular flexibility index (Phi) is 8.22. The molecule has 0 aliphatic heterocycles. The summed E-state index contributed by atoms with van der Waals surface area (Å²) in [7, 11) is 0. The van der Waals surface area contributed by atoms with Crippen LogP contribution in [0.15, 0.2) is 30.3 Å². The normalized spacial score (nSPS) is 25.8. The zero-order valence-corrected chi connectivity index (χ0v) is 20.6. The highest BCUT2D eigenvalue weighted by Crippen LogP contribution is 2.40. The van der Waals surface area contributed by atoms with Crippen molar-refractivity contribution >= 4 is 0 Å². The predicted molar refractivity (Wildman–Crippen MR) is 133 cm³/mol. The van der Waals surface area contributed by atoms with Crippen molar-refractivity contribution in [2.75, 3.05) is 6.61 Å². The molecule has 0 N–H and O–H groups in total. The third-order valence-corrected chi connectivity index (χ3v) is 8.15. The third-order valence-electron chi connectivity index (χ3n) is 8.15. The minimum Gasteiger partial charge on any atom is -0.378 e. The summed E-state index contributed by atoms with van der Waals surface area (Å²) in [5.41, 5.74) is 5.48. The number of hydrogen-bond acceptors (Lipinski definition) is 1. The Morgan fingerprint density at radius 3 is 2.12 bits per heavy atom. The molecule has 2 aromatic carbocycles. The van der Waals surface area contributed by atoms with Crippen LogP contribution >= 0.6 is 0 Å². The number of ether oxygens (including phenoxy) is 1. The van der Waals surface area contributed by atoms with Gasteiger partial charge in [0.25, 0.3) is 0 Å². The van der Waals surface area contributed by atoms with Gasteiger partial charge < -0.3 is 4.74 Å². The molecular weight excluding hydrogens is 414 g/mol. The fourth-order valence-electron chi connectivity index (χ4n) is 6.14. The van der Waals surface area contributed by atoms with Crippen molar-refractivity contribution in [2.24, 2.45) is 11.8 Å². The van der Waals surface area contributed by atoms with Crippen LogP contribution in [-0.4, -0.2) is 12.7 Å². The monoisotopic (exact) mass is 454 g/mol. The second-order valence-electron chi connectivity index (χ2n) is 10.8. The molecule has 2 fully saturated rings. The van der Waals surface area contributed by atoms with E-state index in [1.165, 1.54) is 81.9 Å². The fourth-order valence-corrected chi connectivity index (χ4v) is 6.14. The topological polar surface area (TPSA) is 9.23 Å². The van der Waals surface area contributed by atoms with Gasteiger partial charge in [-0.25, -0.2) is 8.78 Å². The van der Waals surface area contributed by atoms with Gasteiger partial charge in [0.2, 0.25) is 0 Å². The molecule has 2 saturated carbocycles. The molecule has 1 nitrogen and oxygen atoms in total. The summed E-state index contributed by atoms with van der Waals surface area (Å²) in [4.78, 5) is 0. The first kappa shape index (κ1) is 24.4. The minimum absolute atomic E-state index is 0.512. The molecule has 0 radical (unpaired) electrons. The molecule has 3 heteroatoms. The molecule has 2 aromatic rings. The van der Waals surface area contributed by atoms with Gasteiger partial charge in [0.1, 0.15) is 0 Å². The van der Waals surface area contributed by atoms with Gasteiger partial charge in [0, 0.05) is 6.61 Å². The van der Waals surface area contributed by atoms with E-state index in [0.717, 1.165) is 40.7 Å². The largest absolute Gasteiger partial charge is 0.378 e. The Morgan fingerprint density at radius 2 is 1.48 bits per heavy atom. The van der Waals surface area contributed by atoms with E-state index < -0.39 is 11.6 Å². The lowest BCUT2D eigenvalue weighted by molar-refractivity contribution is 0.0160. The molecule has 0 bridgehead atoms. The van der Waals surface area contributed by atoms with Crippen molar-refractivity contribution in [3.8, 4) is 11.1 Å². The Morgan fingerprint density at radius 1 is 0.818 bits per heavy atom. The van der Waals surface area contributed by atoms with E-state index in [9.17, 15) is 8.78 Å². The highest BCUT2D eigenvalue weighted by atomic mass is 19.2. The molecule has 180 valence electrons. The molecule has 2 aliphatic carbocycles. The number of benzene rings is 2. The van der Waals surface area contributed by atoms with Crippen LogP contribution in [0.4, 0.5) is 8.78 Å². The van der Waals surface area contributed by atoms with E-state index in [2.05, 4.69) is 32.9 Å². The fraction of sp³-hybridized carbons (Fsp3) is 0.600. The number of aryl methyl sites for hydroxylation is 2. The minimum atomic E-state index is -0.794. The molecule has 0 amide bonds. The van der Waals surface area contributed by atoms with E-state index in [0.29, 0.717) is 12.0 Å². The highest BCUT2D eigenvalue weighted by molar-refractivity contribution is 5.71. The summed E-state index contributed by atoms with van der Waals surface area (Å²) in [6.45, 7) is 7.47. The quantitative estimate of drug-likeness (QED) is 0.380. The lowest BCUT2D eigenvalue weighted by atomic mass is 9.76. The summed E-state index contributed by atoms with van der Waals surface area (Å²) in [6, 6.07) is 8.76. The van der Waals surface area contributed by atoms with Crippen LogP contribution < -0.4 is 0 Å². The van der Waals surface area contributed by atoms with Gasteiger partial charge in [0.15, 0.2) is 11.6 Å². The number of hydrogen-bond donors (Lipinski definition) is 0. The van der Waals surface area contributed by atoms with E-state index in [-0.39, 0.29) is 0 Å². The summed E-state index contributed by atoms with van der Waals surface area (Å²) in [5.74, 6) is 0.748. The zero-order valence-electron chi connectivity index (χ0n) is 20.6. The van der Waals surface area contributed by atoms with Crippen molar-refractivity contribution in [1.29, 1.82) is 0 Å². The van der Waals surface area contributed by atoms with E-state index in [4.69, 9.17) is 4.74 Å². The molecule has 0 unspecified atom stereocenters. The van der Waals surface area contributed by atoms with Crippen LogP contribution in [0.25, 0.3) is 11.1 Å². The Balaban J connectivity index is 1.26. The van der Waals surface area contributed by atoms with Crippen molar-refractivity contribution in [1.82, 2.24) is 0 Å². The molecule has 0 spiro atoms. The molecule has 0 atom stereocenters. The van der Waals surface area contributed by atoms with Crippen molar-refractivity contribution in [2.45, 2.75) is 97.0 Å². The SMILES string of the molecule is Cc1cc(C2CCC(CCCOC3CCC(C)CC3)CC2)cc(C)c1-c1ccc(F)c(F)c1. The van der Waals surface area contributed by atoms with Gasteiger partial charge in [-0.1, -0.05) is 25.1 Å². The first-order valence-corrected chi connectivity index (χ1v) is 13.1. The first-order valence-electron chi connectivity index (χ1n) is 13.1. The average molecular weight is 455 g/mol. The lowest BCUT2D eigenvalue weighted by Crippen LogP contribution is -2.21. The lowest BCUT2D eigenvalue weighted by Gasteiger charge is -2.30. The van der Waals surface area contributed by atoms with Gasteiger partial charge in [-0.15, -0.1) is 0 Å². The van der Waals surface area contributed by atoms with Gasteiger partial charge in [-0.2, -0.15) is 0 Å². The maximum absolute atomic E-state index is 13.8. The van der Waals surface area contributed by atoms with Crippen LogP contribution in [0.1, 0.15) is 93.7 Å². The van der Waals surface area contributed by atoms with Crippen LogP contribution in [-0.2, 0) is 4.74 Å². The van der Waals surface area contributed by atoms with Crippen molar-refractivity contribution < 1.29 is 13.5 Å². The average Bonchev–Trinajstić information content (AvgIpc) is 2.80. The smallest absolute Gasteiger partial charge is 0.159 e. The standard InChI is InChI=1S/C30H40F2O/c1-20-6-13-27(14-7-20)33-16-4-5-23-8-10-24(11-9-23)26-17-21(2)30(22(3)18-26)25-12-15-28(31)29(32)19-25/h12,15,17-20,23-24,27H,4-11,13-14,16H2,1-3H3. The van der Waals surface area contributed by atoms with Crippen molar-refractivity contribution in [3.63, 3.8) is 0 Å². The van der Waals surface area contributed by atoms with Crippen LogP contribution in [0.5, 0.6) is 0 Å². The third kappa shape index (κ3) is 6.23. The van der Waals surface area contributed by atoms with Gasteiger partial charge in [-0.05, 0) is 136 Å². The molecule has 4 rings (SSSR count). The summed E-state index contributed by atoms with van der Waals surface area (Å²) in [6.07, 6.45) is 13.3. The molecular formula is C30H40F2O. The van der Waals surface area contributed by atoms with Gasteiger partial charge in [0.05, 0.1) is 6.10 Å². The molecule has 0 heterocycles. The molecule has 0 saturated heterocycles. The summed E-state index contributed by atoms with van der Waals surface area (Å²) >= 11 is 0. The summed E-state index contributed by atoms with van der Waals surface area (Å²) in [5, 5.41) is 0. The van der Waals surface area contributed by atoms with Gasteiger partial charge in [-0.3, -0.25) is 0 Å². The van der Waals surface area contributed by atoms with E-state index in [1.54, 1.807) is 6.07 Å². The van der Waals surface area contributed by atoms with Crippen molar-refractivity contribution in [3.05, 3.63) is 58.7 Å². The maximum atomic E-state index is 13.8. The second kappa shape index (κ2) is 11.1. The number of rotatable bonds is 7. The van der Waals surface area contributed by atoms with E-state index in [1.807, 2.05) is 0 Å². The van der Waals surface area contributed by atoms with E-state index >= 15 is 0 Å². The van der Waals surface area contributed by atoms with Crippen LogP contribution in [0.2, 0.25) is 0 Å². The molecule has 33 heavy (non-hydrogen) atoms. The van der Waals surface area contributed by atoms with Crippen LogP contribution in [0, 0.1) is 37.3 Å². The first-order chi connectivity index (χ1) is 15.9. The second-order valence-corrected chi connectivity index (χ2v) is 10.8.